The molecule has 0 fully saturated rings. The zero-order valence-electron chi connectivity index (χ0n) is 12.0. The van der Waals surface area contributed by atoms with E-state index in [1.807, 2.05) is 34.1 Å². The van der Waals surface area contributed by atoms with E-state index in [4.69, 9.17) is 4.98 Å². The van der Waals surface area contributed by atoms with Crippen LogP contribution in [0.15, 0.2) is 36.7 Å². The van der Waals surface area contributed by atoms with Gasteiger partial charge in [0.15, 0.2) is 11.5 Å². The molecular weight excluding hydrogens is 292 g/mol. The van der Waals surface area contributed by atoms with Crippen molar-refractivity contribution in [3.8, 4) is 11.4 Å². The Hall–Kier alpha value is -2.27. The summed E-state index contributed by atoms with van der Waals surface area (Å²) in [5.74, 6) is 0.874. The second-order valence-corrected chi connectivity index (χ2v) is 6.77. The molecule has 0 atom stereocenters. The van der Waals surface area contributed by atoms with E-state index >= 15 is 0 Å². The zero-order valence-corrected chi connectivity index (χ0v) is 12.8. The Morgan fingerprint density at radius 2 is 1.91 bits per heavy atom. The number of hydrogen-bond donors (Lipinski definition) is 0. The molecule has 4 nitrogen and oxygen atoms in total. The van der Waals surface area contributed by atoms with Crippen molar-refractivity contribution in [3.63, 3.8) is 0 Å². The fourth-order valence-electron chi connectivity index (χ4n) is 3.35. The maximum atomic E-state index is 4.93. The average molecular weight is 306 g/mol. The van der Waals surface area contributed by atoms with Gasteiger partial charge in [-0.05, 0) is 31.2 Å². The van der Waals surface area contributed by atoms with Gasteiger partial charge in [0.1, 0.15) is 11.2 Å². The standard InChI is InChI=1S/C17H14N4S/c1-2-6-11(7-3-1)15-20-17-14(16-18-10-19-21(15)16)12-8-4-5-9-13(12)22-17/h1-3,6-7,10H,4-5,8-9H2. The molecule has 0 saturated carbocycles. The molecule has 0 aliphatic heterocycles. The number of aryl methyl sites for hydroxylation is 2. The number of benzene rings is 1. The van der Waals surface area contributed by atoms with E-state index in [9.17, 15) is 0 Å². The lowest BCUT2D eigenvalue weighted by atomic mass is 9.97. The van der Waals surface area contributed by atoms with Gasteiger partial charge in [-0.3, -0.25) is 0 Å². The average Bonchev–Trinajstić information content (AvgIpc) is 3.18. The van der Waals surface area contributed by atoms with Crippen LogP contribution < -0.4 is 0 Å². The molecule has 0 unspecified atom stereocenters. The Balaban J connectivity index is 1.90. The van der Waals surface area contributed by atoms with Gasteiger partial charge in [-0.1, -0.05) is 30.3 Å². The number of fused-ring (bicyclic) bond motifs is 5. The van der Waals surface area contributed by atoms with Crippen LogP contribution in [-0.2, 0) is 12.8 Å². The van der Waals surface area contributed by atoms with E-state index in [-0.39, 0.29) is 0 Å². The van der Waals surface area contributed by atoms with Crippen LogP contribution in [0.5, 0.6) is 0 Å². The van der Waals surface area contributed by atoms with Gasteiger partial charge in [-0.15, -0.1) is 11.3 Å². The van der Waals surface area contributed by atoms with Crippen LogP contribution in [0.25, 0.3) is 27.3 Å². The Labute approximate surface area is 131 Å². The third-order valence-electron chi connectivity index (χ3n) is 4.36. The van der Waals surface area contributed by atoms with Crippen LogP contribution in [0.4, 0.5) is 0 Å². The van der Waals surface area contributed by atoms with Crippen molar-refractivity contribution in [2.24, 2.45) is 0 Å². The molecule has 5 heteroatoms. The van der Waals surface area contributed by atoms with E-state index in [1.165, 1.54) is 35.1 Å². The molecule has 4 aromatic rings. The first kappa shape index (κ1) is 12.3. The molecule has 1 aromatic carbocycles. The van der Waals surface area contributed by atoms with Crippen LogP contribution in [-0.4, -0.2) is 19.6 Å². The van der Waals surface area contributed by atoms with E-state index in [0.29, 0.717) is 0 Å². The smallest absolute Gasteiger partial charge is 0.168 e. The minimum Gasteiger partial charge on any atom is -0.217 e. The lowest BCUT2D eigenvalue weighted by molar-refractivity contribution is 0.700. The predicted molar refractivity (Wildman–Crippen MR) is 88.2 cm³/mol. The lowest BCUT2D eigenvalue weighted by Crippen LogP contribution is -2.01. The first-order chi connectivity index (χ1) is 10.9. The summed E-state index contributed by atoms with van der Waals surface area (Å²) in [6.07, 6.45) is 6.51. The summed E-state index contributed by atoms with van der Waals surface area (Å²) in [6, 6.07) is 10.2. The molecule has 1 aliphatic rings. The van der Waals surface area contributed by atoms with Crippen molar-refractivity contribution in [1.29, 1.82) is 0 Å². The summed E-state index contributed by atoms with van der Waals surface area (Å²) >= 11 is 1.83. The van der Waals surface area contributed by atoms with Crippen molar-refractivity contribution < 1.29 is 0 Å². The molecule has 0 spiro atoms. The third kappa shape index (κ3) is 1.66. The van der Waals surface area contributed by atoms with E-state index < -0.39 is 0 Å². The summed E-state index contributed by atoms with van der Waals surface area (Å²) in [6.45, 7) is 0. The summed E-state index contributed by atoms with van der Waals surface area (Å²) in [4.78, 5) is 12.1. The number of nitrogens with zero attached hydrogens (tertiary/aromatic N) is 4. The van der Waals surface area contributed by atoms with Crippen LogP contribution in [0.1, 0.15) is 23.3 Å². The van der Waals surface area contributed by atoms with Gasteiger partial charge in [-0.2, -0.15) is 9.61 Å². The molecule has 3 heterocycles. The summed E-state index contributed by atoms with van der Waals surface area (Å²) in [5.41, 5.74) is 3.48. The van der Waals surface area contributed by atoms with Crippen molar-refractivity contribution in [3.05, 3.63) is 47.1 Å². The van der Waals surface area contributed by atoms with Crippen molar-refractivity contribution in [1.82, 2.24) is 19.6 Å². The normalized spacial score (nSPS) is 14.5. The van der Waals surface area contributed by atoms with Crippen LogP contribution >= 0.6 is 11.3 Å². The first-order valence-corrected chi connectivity index (χ1v) is 8.43. The monoisotopic (exact) mass is 306 g/mol. The van der Waals surface area contributed by atoms with Gasteiger partial charge in [0.25, 0.3) is 0 Å². The molecule has 108 valence electrons. The van der Waals surface area contributed by atoms with E-state index in [2.05, 4.69) is 22.2 Å². The molecule has 1 aliphatic carbocycles. The molecule has 3 aromatic heterocycles. The third-order valence-corrected chi connectivity index (χ3v) is 5.55. The molecule has 22 heavy (non-hydrogen) atoms. The molecule has 0 N–H and O–H groups in total. The largest absolute Gasteiger partial charge is 0.217 e. The van der Waals surface area contributed by atoms with Crippen molar-refractivity contribution in [2.75, 3.05) is 0 Å². The predicted octanol–water partition coefficient (Wildman–Crippen LogP) is 3.88. The molecular formula is C17H14N4S. The summed E-state index contributed by atoms with van der Waals surface area (Å²) in [7, 11) is 0. The fraction of sp³-hybridized carbons (Fsp3) is 0.235. The quantitative estimate of drug-likeness (QED) is 0.536. The molecule has 0 amide bonds. The van der Waals surface area contributed by atoms with E-state index in [1.54, 1.807) is 6.33 Å². The van der Waals surface area contributed by atoms with Gasteiger partial charge < -0.3 is 0 Å². The zero-order chi connectivity index (χ0) is 14.5. The molecule has 0 saturated heterocycles. The lowest BCUT2D eigenvalue weighted by Gasteiger charge is -2.10. The van der Waals surface area contributed by atoms with Crippen LogP contribution in [0, 0.1) is 0 Å². The molecule has 5 rings (SSSR count). The van der Waals surface area contributed by atoms with Crippen molar-refractivity contribution >= 4 is 27.2 Å². The molecule has 0 radical (unpaired) electrons. The van der Waals surface area contributed by atoms with E-state index in [0.717, 1.165) is 28.3 Å². The highest BCUT2D eigenvalue weighted by Gasteiger charge is 2.21. The van der Waals surface area contributed by atoms with Gasteiger partial charge in [0.2, 0.25) is 0 Å². The Kier molecular flexibility index (Phi) is 2.58. The second-order valence-electron chi connectivity index (χ2n) is 5.69. The Morgan fingerprint density at radius 3 is 2.82 bits per heavy atom. The summed E-state index contributed by atoms with van der Waals surface area (Å²) in [5, 5.41) is 5.64. The maximum absolute atomic E-state index is 4.93. The number of rotatable bonds is 1. The number of thiophene rings is 1. The second kappa shape index (κ2) is 4.61. The van der Waals surface area contributed by atoms with Crippen molar-refractivity contribution in [2.45, 2.75) is 25.7 Å². The van der Waals surface area contributed by atoms with Gasteiger partial charge >= 0.3 is 0 Å². The van der Waals surface area contributed by atoms with Gasteiger partial charge in [0.05, 0.1) is 5.39 Å². The minimum absolute atomic E-state index is 0.874. The summed E-state index contributed by atoms with van der Waals surface area (Å²) < 4.78 is 1.89. The maximum Gasteiger partial charge on any atom is 0.168 e. The molecule has 0 bridgehead atoms. The minimum atomic E-state index is 0.874. The van der Waals surface area contributed by atoms with Gasteiger partial charge in [0, 0.05) is 10.4 Å². The fourth-order valence-corrected chi connectivity index (χ4v) is 4.60. The SMILES string of the molecule is c1ccc(-c2nc3sc4c(c3c3ncnn23)CCCC4)cc1. The van der Waals surface area contributed by atoms with Crippen LogP contribution in [0.2, 0.25) is 0 Å². The Morgan fingerprint density at radius 1 is 1.05 bits per heavy atom. The van der Waals surface area contributed by atoms with Gasteiger partial charge in [-0.25, -0.2) is 9.97 Å². The first-order valence-electron chi connectivity index (χ1n) is 7.61. The highest BCUT2D eigenvalue weighted by Crippen LogP contribution is 2.38. The highest BCUT2D eigenvalue weighted by atomic mass is 32.1. The van der Waals surface area contributed by atoms with Crippen LogP contribution in [0.3, 0.4) is 0 Å². The number of hydrogen-bond acceptors (Lipinski definition) is 4. The highest BCUT2D eigenvalue weighted by molar-refractivity contribution is 7.19. The Bertz CT molecular complexity index is 984. The number of aromatic nitrogens is 4. The topological polar surface area (TPSA) is 43.1 Å².